The van der Waals surface area contributed by atoms with Gasteiger partial charge in [0, 0.05) is 5.92 Å². The molecule has 0 radical (unpaired) electrons. The van der Waals surface area contributed by atoms with Gasteiger partial charge in [0.15, 0.2) is 5.79 Å². The molecule has 5 aliphatic rings. The van der Waals surface area contributed by atoms with Crippen LogP contribution >= 0.6 is 0 Å². The lowest BCUT2D eigenvalue weighted by atomic mass is 9.44. The minimum absolute atomic E-state index is 0.0362. The van der Waals surface area contributed by atoms with Crippen LogP contribution in [-0.4, -0.2) is 30.2 Å². The van der Waals surface area contributed by atoms with Gasteiger partial charge in [-0.25, -0.2) is 0 Å². The molecule has 26 heavy (non-hydrogen) atoms. The summed E-state index contributed by atoms with van der Waals surface area (Å²) >= 11 is 0. The van der Waals surface area contributed by atoms with E-state index in [-0.39, 0.29) is 11.9 Å². The van der Waals surface area contributed by atoms with E-state index in [1.165, 1.54) is 44.9 Å². The number of fused-ring (bicyclic) bond motifs is 5. The molecule has 8 atom stereocenters. The van der Waals surface area contributed by atoms with Crippen molar-refractivity contribution >= 4 is 0 Å². The van der Waals surface area contributed by atoms with E-state index >= 15 is 0 Å². The summed E-state index contributed by atoms with van der Waals surface area (Å²) in [6, 6.07) is 0. The van der Waals surface area contributed by atoms with Crippen LogP contribution in [0.5, 0.6) is 0 Å². The van der Waals surface area contributed by atoms with Crippen LogP contribution in [0.4, 0.5) is 0 Å². The van der Waals surface area contributed by atoms with Crippen molar-refractivity contribution in [1.82, 2.24) is 0 Å². The van der Waals surface area contributed by atoms with Crippen LogP contribution in [0.2, 0.25) is 0 Å². The highest BCUT2D eigenvalue weighted by Gasteiger charge is 2.63. The number of aliphatic hydroxyl groups is 1. The molecule has 0 aromatic carbocycles. The lowest BCUT2D eigenvalue weighted by Crippen LogP contribution is -2.55. The first-order chi connectivity index (χ1) is 12.4. The van der Waals surface area contributed by atoms with E-state index in [9.17, 15) is 5.11 Å². The van der Waals surface area contributed by atoms with Gasteiger partial charge in [-0.3, -0.25) is 0 Å². The Kier molecular flexibility index (Phi) is 4.10. The molecule has 5 fully saturated rings. The van der Waals surface area contributed by atoms with E-state index in [4.69, 9.17) is 9.47 Å². The van der Waals surface area contributed by atoms with Crippen molar-refractivity contribution in [2.45, 2.75) is 90.4 Å². The maximum Gasteiger partial charge on any atom is 0.169 e. The van der Waals surface area contributed by atoms with Crippen molar-refractivity contribution in [3.63, 3.8) is 0 Å². The molecule has 0 amide bonds. The Morgan fingerprint density at radius 3 is 2.23 bits per heavy atom. The van der Waals surface area contributed by atoms with E-state index in [1.807, 2.05) is 0 Å². The second-order valence-corrected chi connectivity index (χ2v) is 11.0. The summed E-state index contributed by atoms with van der Waals surface area (Å²) < 4.78 is 12.3. The number of aliphatic hydroxyl groups excluding tert-OH is 1. The summed E-state index contributed by atoms with van der Waals surface area (Å²) in [5, 5.41) is 10.2. The third-order valence-electron chi connectivity index (χ3n) is 10.1. The molecule has 3 nitrogen and oxygen atoms in total. The van der Waals surface area contributed by atoms with E-state index in [1.54, 1.807) is 0 Å². The lowest BCUT2D eigenvalue weighted by Gasteiger charge is -2.61. The fourth-order valence-corrected chi connectivity index (χ4v) is 8.83. The zero-order valence-electron chi connectivity index (χ0n) is 17.0. The standard InChI is InChI=1S/C23H38O3/c1-21-10-8-16(24)14-15(21)4-5-17-18-6-7-20(23(3)25-12-13-26-23)22(18,2)11-9-19(17)21/h15-20,24H,4-14H2,1-3H3/t15-,16+,17-,18+,19+,20+,21-,22+/m0/s1. The predicted molar refractivity (Wildman–Crippen MR) is 102 cm³/mol. The highest BCUT2D eigenvalue weighted by atomic mass is 16.7. The SMILES string of the molecule is CC1([C@@H]2CC[C@@H]3[C@@H]4CC[C@H]5C[C@H](O)CC[C@]5(C)[C@@H]4CC[C@]32C)OCCO1. The molecule has 1 saturated heterocycles. The summed E-state index contributed by atoms with van der Waals surface area (Å²) in [4.78, 5) is 0. The van der Waals surface area contributed by atoms with Crippen LogP contribution in [0.15, 0.2) is 0 Å². The van der Waals surface area contributed by atoms with Gasteiger partial charge in [-0.1, -0.05) is 13.8 Å². The second kappa shape index (κ2) is 5.94. The van der Waals surface area contributed by atoms with E-state index in [0.717, 1.165) is 49.7 Å². The second-order valence-electron chi connectivity index (χ2n) is 11.0. The van der Waals surface area contributed by atoms with Crippen LogP contribution in [0.3, 0.4) is 0 Å². The number of hydrogen-bond acceptors (Lipinski definition) is 3. The Bertz CT molecular complexity index is 556. The molecule has 1 aliphatic heterocycles. The van der Waals surface area contributed by atoms with Gasteiger partial charge in [-0.15, -0.1) is 0 Å². The molecular formula is C23H38O3. The molecule has 0 bridgehead atoms. The van der Waals surface area contributed by atoms with Crippen LogP contribution in [0, 0.1) is 40.4 Å². The first-order valence-corrected chi connectivity index (χ1v) is 11.3. The van der Waals surface area contributed by atoms with Crippen LogP contribution in [0.1, 0.15) is 78.6 Å². The largest absolute Gasteiger partial charge is 0.393 e. The Morgan fingerprint density at radius 2 is 1.46 bits per heavy atom. The molecule has 4 aliphatic carbocycles. The minimum Gasteiger partial charge on any atom is -0.393 e. The van der Waals surface area contributed by atoms with Gasteiger partial charge in [-0.05, 0) is 99.2 Å². The third kappa shape index (κ3) is 2.35. The van der Waals surface area contributed by atoms with Crippen molar-refractivity contribution in [3.05, 3.63) is 0 Å². The quantitative estimate of drug-likeness (QED) is 0.730. The number of ether oxygens (including phenoxy) is 2. The van der Waals surface area contributed by atoms with Crippen LogP contribution in [0.25, 0.3) is 0 Å². The van der Waals surface area contributed by atoms with E-state index in [0.29, 0.717) is 16.7 Å². The average molecular weight is 363 g/mol. The number of hydrogen-bond donors (Lipinski definition) is 1. The first-order valence-electron chi connectivity index (χ1n) is 11.3. The molecular weight excluding hydrogens is 324 g/mol. The van der Waals surface area contributed by atoms with Gasteiger partial charge < -0.3 is 14.6 Å². The van der Waals surface area contributed by atoms with Gasteiger partial charge >= 0.3 is 0 Å². The minimum atomic E-state index is -0.341. The summed E-state index contributed by atoms with van der Waals surface area (Å²) in [7, 11) is 0. The summed E-state index contributed by atoms with van der Waals surface area (Å²) in [6.07, 6.45) is 11.4. The zero-order chi connectivity index (χ0) is 18.2. The van der Waals surface area contributed by atoms with Crippen molar-refractivity contribution < 1.29 is 14.6 Å². The highest BCUT2D eigenvalue weighted by Crippen LogP contribution is 2.69. The maximum atomic E-state index is 10.2. The van der Waals surface area contributed by atoms with Crippen molar-refractivity contribution in [2.75, 3.05) is 13.2 Å². The molecule has 5 rings (SSSR count). The topological polar surface area (TPSA) is 38.7 Å². The molecule has 0 unspecified atom stereocenters. The smallest absolute Gasteiger partial charge is 0.169 e. The summed E-state index contributed by atoms with van der Waals surface area (Å²) in [5.41, 5.74) is 0.865. The lowest BCUT2D eigenvalue weighted by molar-refractivity contribution is -0.218. The Hall–Kier alpha value is -0.120. The van der Waals surface area contributed by atoms with Gasteiger partial charge in [0.05, 0.1) is 19.3 Å². The normalized spacial score (nSPS) is 55.8. The predicted octanol–water partition coefficient (Wildman–Crippen LogP) is 4.77. The van der Waals surface area contributed by atoms with Crippen molar-refractivity contribution in [3.8, 4) is 0 Å². The Morgan fingerprint density at radius 1 is 0.769 bits per heavy atom. The van der Waals surface area contributed by atoms with Crippen molar-refractivity contribution in [1.29, 1.82) is 0 Å². The fourth-order valence-electron chi connectivity index (χ4n) is 8.83. The molecule has 148 valence electrons. The van der Waals surface area contributed by atoms with Crippen LogP contribution in [-0.2, 0) is 9.47 Å². The molecule has 1 N–H and O–H groups in total. The highest BCUT2D eigenvalue weighted by molar-refractivity contribution is 5.11. The van der Waals surface area contributed by atoms with Crippen molar-refractivity contribution in [2.24, 2.45) is 40.4 Å². The molecule has 3 heteroatoms. The van der Waals surface area contributed by atoms with E-state index in [2.05, 4.69) is 20.8 Å². The first kappa shape index (κ1) is 17.9. The molecule has 0 aromatic rings. The Labute approximate surface area is 159 Å². The van der Waals surface area contributed by atoms with E-state index < -0.39 is 0 Å². The van der Waals surface area contributed by atoms with Gasteiger partial charge in [0.1, 0.15) is 0 Å². The molecule has 0 spiro atoms. The number of rotatable bonds is 1. The average Bonchev–Trinajstić information content (AvgIpc) is 3.19. The van der Waals surface area contributed by atoms with Gasteiger partial charge in [0.2, 0.25) is 0 Å². The zero-order valence-corrected chi connectivity index (χ0v) is 17.0. The molecule has 1 heterocycles. The van der Waals surface area contributed by atoms with Crippen LogP contribution < -0.4 is 0 Å². The van der Waals surface area contributed by atoms with Gasteiger partial charge in [0.25, 0.3) is 0 Å². The maximum absolute atomic E-state index is 10.2. The van der Waals surface area contributed by atoms with Gasteiger partial charge in [-0.2, -0.15) is 0 Å². The monoisotopic (exact) mass is 362 g/mol. The molecule has 4 saturated carbocycles. The summed E-state index contributed by atoms with van der Waals surface area (Å²) in [6.45, 7) is 8.90. The summed E-state index contributed by atoms with van der Waals surface area (Å²) in [5.74, 6) is 3.59. The fraction of sp³-hybridized carbons (Fsp3) is 1.00. The molecule has 0 aromatic heterocycles. The third-order valence-corrected chi connectivity index (χ3v) is 10.1. The Balaban J connectivity index is 1.41.